The summed E-state index contributed by atoms with van der Waals surface area (Å²) in [4.78, 5) is 8.53. The molecule has 0 bridgehead atoms. The molecule has 15 nitrogen and oxygen atoms in total. The van der Waals surface area contributed by atoms with Gasteiger partial charge < -0.3 is 15.7 Å². The molecule has 1 aliphatic rings. The van der Waals surface area contributed by atoms with Crippen molar-refractivity contribution >= 4 is 59.7 Å². The molecule has 50 heavy (non-hydrogen) atoms. The third-order valence-corrected chi connectivity index (χ3v) is 9.26. The molecule has 4 aromatic rings. The second-order valence-electron chi connectivity index (χ2n) is 11.2. The molecule has 1 aliphatic heterocycles. The molecular formula is C33H33N7O8S2. The molecule has 0 amide bonds. The Morgan fingerprint density at radius 1 is 0.920 bits per heavy atom. The van der Waals surface area contributed by atoms with Gasteiger partial charge in [0.25, 0.3) is 20.2 Å². The Balaban J connectivity index is 1.65. The standard InChI is InChI=1S/C33H33N7O8S2/c1-5-7-24(23(6-2)33-35-32(40-48-33)20-12-8-18(3)9-13-20)37-39-30-26(50(45,46)47)17-21-16-25(49(42,43)44)29(28(34)27(21)31(30)41)38-36-22-14-10-19(4)11-15-22/h6-17,32,40-41H,5,34H2,1-4H3,(H,42,43,44)(H,45,46,47)/b23-6+,24-7+,38-36?,39-37?. The maximum atomic E-state index is 12.6. The first kappa shape index (κ1) is 36.0. The Bertz CT molecular complexity index is 2350. The molecule has 0 fully saturated rings. The van der Waals surface area contributed by atoms with Crippen molar-refractivity contribution in [2.24, 2.45) is 25.4 Å². The van der Waals surface area contributed by atoms with Crippen LogP contribution in [0.25, 0.3) is 10.8 Å². The number of nitrogen functional groups attached to an aromatic ring is 1. The second-order valence-corrected chi connectivity index (χ2v) is 13.9. The van der Waals surface area contributed by atoms with Gasteiger partial charge in [-0.2, -0.15) is 21.9 Å². The van der Waals surface area contributed by atoms with Crippen molar-refractivity contribution in [3.05, 3.63) is 101 Å². The highest BCUT2D eigenvalue weighted by Gasteiger charge is 2.29. The Hall–Kier alpha value is -5.33. The van der Waals surface area contributed by atoms with Gasteiger partial charge >= 0.3 is 0 Å². The maximum absolute atomic E-state index is 12.6. The fourth-order valence-electron chi connectivity index (χ4n) is 5.00. The van der Waals surface area contributed by atoms with Crippen LogP contribution in [0.4, 0.5) is 22.7 Å². The smallest absolute Gasteiger partial charge is 0.296 e. The third-order valence-electron chi connectivity index (χ3n) is 7.53. The van der Waals surface area contributed by atoms with Gasteiger partial charge in [0, 0.05) is 0 Å². The van der Waals surface area contributed by atoms with Crippen LogP contribution in [-0.4, -0.2) is 36.9 Å². The molecular weight excluding hydrogens is 687 g/mol. The van der Waals surface area contributed by atoms with Crippen LogP contribution in [0.5, 0.6) is 5.75 Å². The van der Waals surface area contributed by atoms with Crippen molar-refractivity contribution in [2.45, 2.75) is 50.1 Å². The minimum atomic E-state index is -5.11. The highest BCUT2D eigenvalue weighted by molar-refractivity contribution is 7.86. The fraction of sp³-hybridized carbons (Fsp3) is 0.182. The summed E-state index contributed by atoms with van der Waals surface area (Å²) in [6.45, 7) is 7.35. The Labute approximate surface area is 288 Å². The number of phenolic OH excluding ortho intramolecular Hbond substituents is 1. The molecule has 0 saturated heterocycles. The molecule has 1 unspecified atom stereocenters. The van der Waals surface area contributed by atoms with Gasteiger partial charge in [0.2, 0.25) is 5.90 Å². The molecule has 0 aromatic heterocycles. The molecule has 0 saturated carbocycles. The zero-order chi connectivity index (χ0) is 36.4. The van der Waals surface area contributed by atoms with Crippen molar-refractivity contribution in [3.63, 3.8) is 0 Å². The number of nitrogens with one attached hydrogen (secondary N) is 1. The molecule has 5 rings (SSSR count). The number of nitrogens with zero attached hydrogens (tertiary/aromatic N) is 5. The van der Waals surface area contributed by atoms with Gasteiger partial charge in [-0.05, 0) is 62.4 Å². The fourth-order valence-corrected chi connectivity index (χ4v) is 6.33. The van der Waals surface area contributed by atoms with E-state index in [1.165, 1.54) is 0 Å². The lowest BCUT2D eigenvalue weighted by Crippen LogP contribution is -2.15. The number of fused-ring (bicyclic) bond motifs is 1. The van der Waals surface area contributed by atoms with Gasteiger partial charge in [-0.15, -0.1) is 20.8 Å². The monoisotopic (exact) mass is 719 g/mol. The Kier molecular flexibility index (Phi) is 10.3. The summed E-state index contributed by atoms with van der Waals surface area (Å²) >= 11 is 0. The van der Waals surface area contributed by atoms with Crippen LogP contribution in [0.15, 0.2) is 119 Å². The van der Waals surface area contributed by atoms with Gasteiger partial charge in [-0.3, -0.25) is 9.11 Å². The SMILES string of the molecule is C/C=C(C1=NC(c2ccc(C)cc2)NO1)\C(=C/CC)N=Nc1c(S(=O)(=O)O)cc2cc(S(=O)(=O)O)c(N=Nc3ccc(C)cc3)c(N)c2c1O. The third kappa shape index (κ3) is 7.61. The Morgan fingerprint density at radius 2 is 1.50 bits per heavy atom. The van der Waals surface area contributed by atoms with E-state index in [0.29, 0.717) is 17.7 Å². The number of benzene rings is 4. The molecule has 4 aromatic carbocycles. The highest BCUT2D eigenvalue weighted by Crippen LogP contribution is 2.48. The number of aryl methyl sites for hydroxylation is 2. The predicted octanol–water partition coefficient (Wildman–Crippen LogP) is 7.61. The lowest BCUT2D eigenvalue weighted by atomic mass is 10.1. The molecule has 0 radical (unpaired) electrons. The summed E-state index contributed by atoms with van der Waals surface area (Å²) < 4.78 is 70.1. The van der Waals surface area contributed by atoms with Gasteiger partial charge in [0.15, 0.2) is 11.9 Å². The van der Waals surface area contributed by atoms with E-state index in [9.17, 15) is 31.0 Å². The number of hydrogen-bond acceptors (Lipinski definition) is 13. The number of nitrogens with two attached hydrogens (primary N) is 1. The van der Waals surface area contributed by atoms with Crippen molar-refractivity contribution in [2.75, 3.05) is 5.73 Å². The summed E-state index contributed by atoms with van der Waals surface area (Å²) in [5.74, 6) is -0.710. The number of aliphatic imine (C=N–C) groups is 1. The molecule has 17 heteroatoms. The Morgan fingerprint density at radius 3 is 2.06 bits per heavy atom. The van der Waals surface area contributed by atoms with Gasteiger partial charge in [-0.25, -0.2) is 4.99 Å². The highest BCUT2D eigenvalue weighted by atomic mass is 32.2. The van der Waals surface area contributed by atoms with Crippen molar-refractivity contribution in [1.29, 1.82) is 0 Å². The molecule has 0 aliphatic carbocycles. The van der Waals surface area contributed by atoms with E-state index in [1.807, 2.05) is 45.0 Å². The van der Waals surface area contributed by atoms with Crippen molar-refractivity contribution in [3.8, 4) is 5.75 Å². The number of hydrogen-bond donors (Lipinski definition) is 5. The number of anilines is 1. The van der Waals surface area contributed by atoms with E-state index in [4.69, 9.17) is 10.6 Å². The van der Waals surface area contributed by atoms with Crippen LogP contribution in [0.2, 0.25) is 0 Å². The van der Waals surface area contributed by atoms with E-state index in [0.717, 1.165) is 28.8 Å². The zero-order valence-electron chi connectivity index (χ0n) is 27.2. The quantitative estimate of drug-likeness (QED) is 0.0465. The molecule has 0 spiro atoms. The predicted molar refractivity (Wildman–Crippen MR) is 187 cm³/mol. The first-order chi connectivity index (χ1) is 23.6. The normalized spacial score (nSPS) is 16.0. The lowest BCUT2D eigenvalue weighted by molar-refractivity contribution is 0.180. The van der Waals surface area contributed by atoms with Gasteiger partial charge in [0.05, 0.1) is 28.0 Å². The number of phenols is 1. The summed E-state index contributed by atoms with van der Waals surface area (Å²) in [7, 11) is -10.1. The molecule has 6 N–H and O–H groups in total. The minimum Gasteiger partial charge on any atom is -0.505 e. The van der Waals surface area contributed by atoms with Gasteiger partial charge in [0.1, 0.15) is 21.2 Å². The largest absolute Gasteiger partial charge is 0.505 e. The van der Waals surface area contributed by atoms with Crippen LogP contribution < -0.4 is 11.2 Å². The van der Waals surface area contributed by atoms with E-state index < -0.39 is 59.0 Å². The van der Waals surface area contributed by atoms with Gasteiger partial charge in [-0.1, -0.05) is 66.6 Å². The van der Waals surface area contributed by atoms with E-state index in [1.54, 1.807) is 43.3 Å². The first-order valence-corrected chi connectivity index (χ1v) is 17.9. The zero-order valence-corrected chi connectivity index (χ0v) is 28.9. The lowest BCUT2D eigenvalue weighted by Gasteiger charge is -2.14. The molecule has 1 heterocycles. The van der Waals surface area contributed by atoms with Crippen LogP contribution in [0, 0.1) is 13.8 Å². The molecule has 1 atom stereocenters. The van der Waals surface area contributed by atoms with Crippen molar-refractivity contribution < 1.29 is 35.9 Å². The topological polar surface area (TPSA) is 238 Å². The number of aromatic hydroxyl groups is 1. The maximum Gasteiger partial charge on any atom is 0.296 e. The minimum absolute atomic E-state index is 0.167. The van der Waals surface area contributed by atoms with Crippen LogP contribution in [0.1, 0.15) is 43.1 Å². The van der Waals surface area contributed by atoms with Crippen LogP contribution in [-0.2, 0) is 25.1 Å². The first-order valence-electron chi connectivity index (χ1n) is 15.0. The summed E-state index contributed by atoms with van der Waals surface area (Å²) in [5, 5.41) is 27.1. The summed E-state index contributed by atoms with van der Waals surface area (Å²) in [6, 6.07) is 16.1. The average molecular weight is 720 g/mol. The summed E-state index contributed by atoms with van der Waals surface area (Å²) in [5.41, 5.74) is 11.2. The second kappa shape index (κ2) is 14.3. The number of allylic oxidation sites excluding steroid dienone is 2. The van der Waals surface area contributed by atoms with Crippen LogP contribution in [0.3, 0.4) is 0 Å². The van der Waals surface area contributed by atoms with Crippen LogP contribution >= 0.6 is 0 Å². The van der Waals surface area contributed by atoms with E-state index in [-0.39, 0.29) is 22.4 Å². The molecule has 260 valence electrons. The summed E-state index contributed by atoms with van der Waals surface area (Å²) in [6.07, 6.45) is 3.24. The number of azo groups is 2. The van der Waals surface area contributed by atoms with E-state index in [2.05, 4.69) is 30.9 Å². The van der Waals surface area contributed by atoms with Crippen molar-refractivity contribution in [1.82, 2.24) is 5.48 Å². The number of hydroxylamine groups is 1. The van der Waals surface area contributed by atoms with E-state index >= 15 is 0 Å². The average Bonchev–Trinajstić information content (AvgIpc) is 3.53. The number of rotatable bonds is 10.